The maximum atomic E-state index is 13.2. The summed E-state index contributed by atoms with van der Waals surface area (Å²) in [6, 6.07) is 12.9. The first-order chi connectivity index (χ1) is 15.5. The topological polar surface area (TPSA) is 55.9 Å². The Labute approximate surface area is 192 Å². The van der Waals surface area contributed by atoms with Crippen LogP contribution < -0.4 is 10.2 Å². The van der Waals surface area contributed by atoms with Crippen molar-refractivity contribution >= 4 is 30.1 Å². The average Bonchev–Trinajstić information content (AvgIpc) is 3.10. The van der Waals surface area contributed by atoms with Crippen molar-refractivity contribution < 1.29 is 14.0 Å². The first-order valence-corrected chi connectivity index (χ1v) is 11.6. The van der Waals surface area contributed by atoms with E-state index in [0.29, 0.717) is 19.4 Å². The van der Waals surface area contributed by atoms with Gasteiger partial charge in [-0.05, 0) is 47.4 Å². The maximum absolute atomic E-state index is 13.2. The Bertz CT molecular complexity index is 1020. The van der Waals surface area contributed by atoms with Gasteiger partial charge in [-0.1, -0.05) is 18.2 Å². The van der Waals surface area contributed by atoms with Crippen molar-refractivity contribution in [3.8, 4) is 0 Å². The highest BCUT2D eigenvalue weighted by atomic mass is 32.1. The van der Waals surface area contributed by atoms with Gasteiger partial charge in [-0.25, -0.2) is 4.39 Å². The number of imide groups is 1. The van der Waals surface area contributed by atoms with E-state index in [1.165, 1.54) is 23.3 Å². The third-order valence-electron chi connectivity index (χ3n) is 6.73. The lowest BCUT2D eigenvalue weighted by atomic mass is 10.0. The molecule has 2 saturated heterocycles. The number of rotatable bonds is 4. The van der Waals surface area contributed by atoms with E-state index < -0.39 is 0 Å². The molecule has 168 valence electrons. The molecule has 6 nitrogen and oxygen atoms in total. The molecule has 8 heteroatoms. The third kappa shape index (κ3) is 4.27. The van der Waals surface area contributed by atoms with Crippen molar-refractivity contribution in [2.45, 2.75) is 37.3 Å². The molecule has 2 atom stereocenters. The fourth-order valence-corrected chi connectivity index (χ4v) is 5.46. The number of halogens is 1. The number of fused-ring (bicyclic) bond motifs is 1. The molecule has 2 aromatic carbocycles. The molecule has 0 spiro atoms. The van der Waals surface area contributed by atoms with E-state index in [1.54, 1.807) is 0 Å². The van der Waals surface area contributed by atoms with E-state index in [0.717, 1.165) is 44.0 Å². The molecule has 3 heterocycles. The number of thiol groups is 1. The second kappa shape index (κ2) is 8.84. The van der Waals surface area contributed by atoms with Gasteiger partial charge in [-0.15, -0.1) is 0 Å². The number of carbonyl (C=O) groups is 2. The summed E-state index contributed by atoms with van der Waals surface area (Å²) in [5.41, 5.74) is 4.67. The van der Waals surface area contributed by atoms with Gasteiger partial charge in [0.05, 0.1) is 11.4 Å². The van der Waals surface area contributed by atoms with Gasteiger partial charge in [0.25, 0.3) is 0 Å². The standard InChI is InChI=1S/C24H27FN4O2S/c25-18-2-4-19(5-3-18)28-11-9-27(10-12-28)14-16-1-6-20-17(13-16)15-29(24(20)32)21-7-8-22(30)26-23(21)31/h1-6,13,21,24,32H,7-12,14-15H2,(H,26,30,31). The lowest BCUT2D eigenvalue weighted by Gasteiger charge is -2.36. The lowest BCUT2D eigenvalue weighted by molar-refractivity contribution is -0.137. The summed E-state index contributed by atoms with van der Waals surface area (Å²) in [6.45, 7) is 5.28. The predicted molar refractivity (Wildman–Crippen MR) is 124 cm³/mol. The minimum atomic E-state index is -0.314. The van der Waals surface area contributed by atoms with E-state index in [2.05, 4.69) is 38.2 Å². The van der Waals surface area contributed by atoms with Crippen LogP contribution in [-0.2, 0) is 22.7 Å². The Balaban J connectivity index is 1.20. The molecule has 3 aliphatic heterocycles. The molecule has 2 unspecified atom stereocenters. The Morgan fingerprint density at radius 2 is 1.78 bits per heavy atom. The molecule has 1 N–H and O–H groups in total. The molecule has 3 aliphatic rings. The molecule has 0 radical (unpaired) electrons. The molecule has 0 saturated carbocycles. The number of amides is 2. The van der Waals surface area contributed by atoms with Gasteiger partial charge in [0.2, 0.25) is 11.8 Å². The van der Waals surface area contributed by atoms with E-state index >= 15 is 0 Å². The number of hydrogen-bond acceptors (Lipinski definition) is 6. The van der Waals surface area contributed by atoms with Crippen molar-refractivity contribution in [2.24, 2.45) is 0 Å². The van der Waals surface area contributed by atoms with E-state index in [-0.39, 0.29) is 29.0 Å². The summed E-state index contributed by atoms with van der Waals surface area (Å²) in [5, 5.41) is 2.32. The molecule has 32 heavy (non-hydrogen) atoms. The number of piperidine rings is 1. The quantitative estimate of drug-likeness (QED) is 0.550. The number of nitrogens with zero attached hydrogens (tertiary/aromatic N) is 3. The van der Waals surface area contributed by atoms with Gasteiger partial charge in [0.15, 0.2) is 0 Å². The van der Waals surface area contributed by atoms with Crippen LogP contribution in [0.3, 0.4) is 0 Å². The Morgan fingerprint density at radius 1 is 1.03 bits per heavy atom. The van der Waals surface area contributed by atoms with Gasteiger partial charge >= 0.3 is 0 Å². The number of piperazine rings is 1. The fourth-order valence-electron chi connectivity index (χ4n) is 4.96. The van der Waals surface area contributed by atoms with E-state index in [4.69, 9.17) is 12.6 Å². The number of benzene rings is 2. The summed E-state index contributed by atoms with van der Waals surface area (Å²) in [4.78, 5) is 30.6. The maximum Gasteiger partial charge on any atom is 0.243 e. The normalized spacial score (nSPS) is 24.5. The lowest BCUT2D eigenvalue weighted by Crippen LogP contribution is -2.51. The van der Waals surface area contributed by atoms with Crippen LogP contribution in [-0.4, -0.2) is 53.8 Å². The van der Waals surface area contributed by atoms with Crippen LogP contribution >= 0.6 is 12.6 Å². The van der Waals surface area contributed by atoms with Crippen LogP contribution in [0, 0.1) is 5.82 Å². The van der Waals surface area contributed by atoms with Crippen LogP contribution in [0.1, 0.15) is 34.9 Å². The summed E-state index contributed by atoms with van der Waals surface area (Å²) < 4.78 is 13.2. The van der Waals surface area contributed by atoms with E-state index in [1.807, 2.05) is 12.1 Å². The zero-order valence-corrected chi connectivity index (χ0v) is 18.7. The van der Waals surface area contributed by atoms with Crippen molar-refractivity contribution in [2.75, 3.05) is 31.1 Å². The molecule has 5 rings (SSSR count). The zero-order valence-electron chi connectivity index (χ0n) is 17.8. The summed E-state index contributed by atoms with van der Waals surface area (Å²) in [7, 11) is 0. The fraction of sp³-hybridized carbons (Fsp3) is 0.417. The average molecular weight is 455 g/mol. The predicted octanol–water partition coefficient (Wildman–Crippen LogP) is 2.70. The molecular formula is C24H27FN4O2S. The molecule has 2 aromatic rings. The summed E-state index contributed by atoms with van der Waals surface area (Å²) >= 11 is 4.78. The van der Waals surface area contributed by atoms with Crippen LogP contribution in [0.4, 0.5) is 10.1 Å². The number of carbonyl (C=O) groups excluding carboxylic acids is 2. The van der Waals surface area contributed by atoms with Gasteiger partial charge in [-0.3, -0.25) is 24.7 Å². The molecule has 0 bridgehead atoms. The second-order valence-corrected chi connectivity index (χ2v) is 9.27. The van der Waals surface area contributed by atoms with Crippen LogP contribution in [0.5, 0.6) is 0 Å². The molecule has 0 aromatic heterocycles. The number of anilines is 1. The SMILES string of the molecule is O=C1CCC(N2Cc3cc(CN4CCN(c5ccc(F)cc5)CC4)ccc3C2S)C(=O)N1. The second-order valence-electron chi connectivity index (χ2n) is 8.79. The first-order valence-electron chi connectivity index (χ1n) is 11.1. The largest absolute Gasteiger partial charge is 0.369 e. The summed E-state index contributed by atoms with van der Waals surface area (Å²) in [6.07, 6.45) is 0.916. The molecule has 2 amide bonds. The zero-order chi connectivity index (χ0) is 22.2. The van der Waals surface area contributed by atoms with Crippen LogP contribution in [0.2, 0.25) is 0 Å². The van der Waals surface area contributed by atoms with Crippen molar-refractivity contribution in [1.29, 1.82) is 0 Å². The highest BCUT2D eigenvalue weighted by Gasteiger charge is 2.39. The van der Waals surface area contributed by atoms with Gasteiger partial charge in [0, 0.05) is 51.4 Å². The number of nitrogens with one attached hydrogen (secondary N) is 1. The smallest absolute Gasteiger partial charge is 0.243 e. The van der Waals surface area contributed by atoms with Crippen molar-refractivity contribution in [1.82, 2.24) is 15.1 Å². The highest BCUT2D eigenvalue weighted by molar-refractivity contribution is 7.80. The van der Waals surface area contributed by atoms with Crippen molar-refractivity contribution in [3.05, 3.63) is 65.0 Å². The Hall–Kier alpha value is -2.42. The molecular weight excluding hydrogens is 427 g/mol. The van der Waals surface area contributed by atoms with Crippen LogP contribution in [0.15, 0.2) is 42.5 Å². The van der Waals surface area contributed by atoms with Gasteiger partial charge in [0.1, 0.15) is 5.82 Å². The summed E-state index contributed by atoms with van der Waals surface area (Å²) in [5.74, 6) is -0.614. The minimum absolute atomic E-state index is 0.137. The monoisotopic (exact) mass is 454 g/mol. The van der Waals surface area contributed by atoms with Crippen LogP contribution in [0.25, 0.3) is 0 Å². The highest BCUT2D eigenvalue weighted by Crippen LogP contribution is 2.39. The Kier molecular flexibility index (Phi) is 5.92. The van der Waals surface area contributed by atoms with Gasteiger partial charge < -0.3 is 4.90 Å². The molecule has 0 aliphatic carbocycles. The van der Waals surface area contributed by atoms with Crippen molar-refractivity contribution in [3.63, 3.8) is 0 Å². The first kappa shape index (κ1) is 21.4. The minimum Gasteiger partial charge on any atom is -0.369 e. The third-order valence-corrected chi connectivity index (χ3v) is 7.31. The number of hydrogen-bond donors (Lipinski definition) is 2. The van der Waals surface area contributed by atoms with E-state index in [9.17, 15) is 14.0 Å². The van der Waals surface area contributed by atoms with Gasteiger partial charge in [-0.2, -0.15) is 12.6 Å². The Morgan fingerprint density at radius 3 is 2.50 bits per heavy atom. The molecule has 2 fully saturated rings.